The third kappa shape index (κ3) is 2.48. The molecule has 0 saturated heterocycles. The molecule has 0 unspecified atom stereocenters. The molecule has 3 nitrogen and oxygen atoms in total. The molecule has 11 heavy (non-hydrogen) atoms. The van der Waals surface area contributed by atoms with Crippen molar-refractivity contribution < 1.29 is 5.11 Å². The van der Waals surface area contributed by atoms with E-state index in [1.165, 1.54) is 11.8 Å². The van der Waals surface area contributed by atoms with E-state index in [0.29, 0.717) is 5.75 Å². The summed E-state index contributed by atoms with van der Waals surface area (Å²) in [5.74, 6) is 0.680. The van der Waals surface area contributed by atoms with Gasteiger partial charge in [0.05, 0.1) is 12.3 Å². The van der Waals surface area contributed by atoms with E-state index in [9.17, 15) is 0 Å². The number of aromatic nitrogens is 2. The lowest BCUT2D eigenvalue weighted by molar-refractivity contribution is 0.322. The maximum Gasteiger partial charge on any atom is 0.117 e. The molecule has 1 aromatic heterocycles. The van der Waals surface area contributed by atoms with Crippen LogP contribution < -0.4 is 0 Å². The Morgan fingerprint density at radius 2 is 2.18 bits per heavy atom. The molecule has 0 radical (unpaired) electrons. The van der Waals surface area contributed by atoms with E-state index in [-0.39, 0.29) is 6.61 Å². The van der Waals surface area contributed by atoms with Crippen LogP contribution >= 0.6 is 11.8 Å². The van der Waals surface area contributed by atoms with Gasteiger partial charge >= 0.3 is 0 Å². The van der Waals surface area contributed by atoms with Gasteiger partial charge in [0.25, 0.3) is 0 Å². The molecule has 0 bridgehead atoms. The molecule has 0 amide bonds. The lowest BCUT2D eigenvalue weighted by Gasteiger charge is -1.99. The largest absolute Gasteiger partial charge is 0.396 e. The molecule has 0 saturated carbocycles. The van der Waals surface area contributed by atoms with E-state index in [1.807, 2.05) is 6.92 Å². The first-order valence-electron chi connectivity index (χ1n) is 3.36. The molecule has 0 aliphatic heterocycles. The zero-order valence-corrected chi connectivity index (χ0v) is 7.14. The first kappa shape index (κ1) is 8.49. The molecule has 1 N–H and O–H groups in total. The van der Waals surface area contributed by atoms with Gasteiger partial charge in [-0.15, -0.1) is 11.8 Å². The fraction of sp³-hybridized carbons (Fsp3) is 0.429. The predicted molar refractivity (Wildman–Crippen MR) is 44.6 cm³/mol. The van der Waals surface area contributed by atoms with Crippen LogP contribution in [0.5, 0.6) is 0 Å². The number of thioether (sulfide) groups is 1. The van der Waals surface area contributed by atoms with Gasteiger partial charge in [-0.3, -0.25) is 4.98 Å². The van der Waals surface area contributed by atoms with E-state index in [4.69, 9.17) is 5.11 Å². The number of aliphatic hydroxyl groups is 1. The smallest absolute Gasteiger partial charge is 0.117 e. The zero-order valence-electron chi connectivity index (χ0n) is 6.32. The molecule has 1 heterocycles. The summed E-state index contributed by atoms with van der Waals surface area (Å²) in [7, 11) is 0. The van der Waals surface area contributed by atoms with Crippen LogP contribution in [0.2, 0.25) is 0 Å². The second-order valence-corrected chi connectivity index (χ2v) is 3.10. The Morgan fingerprint density at radius 3 is 2.82 bits per heavy atom. The fourth-order valence-electron chi connectivity index (χ4n) is 0.679. The summed E-state index contributed by atoms with van der Waals surface area (Å²) in [5.41, 5.74) is 0.922. The highest BCUT2D eigenvalue weighted by Gasteiger charge is 1.98. The van der Waals surface area contributed by atoms with Crippen molar-refractivity contribution in [2.45, 2.75) is 11.9 Å². The number of nitrogens with zero attached hydrogens (tertiary/aromatic N) is 2. The average molecular weight is 170 g/mol. The lowest BCUT2D eigenvalue weighted by Crippen LogP contribution is -1.92. The second-order valence-electron chi connectivity index (χ2n) is 2.02. The van der Waals surface area contributed by atoms with Crippen LogP contribution in [0.25, 0.3) is 0 Å². The topological polar surface area (TPSA) is 46.0 Å². The van der Waals surface area contributed by atoms with Crippen molar-refractivity contribution in [2.75, 3.05) is 12.4 Å². The Hall–Kier alpha value is -0.610. The molecule has 4 heteroatoms. The third-order valence-corrected chi connectivity index (χ3v) is 2.23. The van der Waals surface area contributed by atoms with Crippen LogP contribution in [0.15, 0.2) is 17.4 Å². The Morgan fingerprint density at radius 1 is 1.45 bits per heavy atom. The van der Waals surface area contributed by atoms with E-state index < -0.39 is 0 Å². The summed E-state index contributed by atoms with van der Waals surface area (Å²) in [5, 5.41) is 9.45. The van der Waals surface area contributed by atoms with Crippen molar-refractivity contribution >= 4 is 11.8 Å². The van der Waals surface area contributed by atoms with Gasteiger partial charge < -0.3 is 5.11 Å². The number of hydrogen-bond acceptors (Lipinski definition) is 4. The summed E-state index contributed by atoms with van der Waals surface area (Å²) in [6, 6.07) is 0. The summed E-state index contributed by atoms with van der Waals surface area (Å²) >= 11 is 1.52. The van der Waals surface area contributed by atoms with Crippen molar-refractivity contribution in [1.29, 1.82) is 0 Å². The Kier molecular flexibility index (Phi) is 3.32. The second kappa shape index (κ2) is 4.31. The lowest BCUT2D eigenvalue weighted by atomic mass is 10.5. The van der Waals surface area contributed by atoms with Crippen LogP contribution in [0, 0.1) is 6.92 Å². The molecule has 0 fully saturated rings. The summed E-state index contributed by atoms with van der Waals surface area (Å²) in [6.07, 6.45) is 3.32. The van der Waals surface area contributed by atoms with Crippen LogP contribution in [-0.4, -0.2) is 27.4 Å². The molecule has 0 spiro atoms. The van der Waals surface area contributed by atoms with Crippen LogP contribution in [0.3, 0.4) is 0 Å². The Labute approximate surface area is 69.9 Å². The minimum atomic E-state index is 0.181. The van der Waals surface area contributed by atoms with Gasteiger partial charge in [0.2, 0.25) is 0 Å². The standard InChI is InChI=1S/C7H10N2OS/c1-6-7(11-5-4-10)9-3-2-8-6/h2-3,10H,4-5H2,1H3. The first-order valence-corrected chi connectivity index (χ1v) is 4.34. The third-order valence-electron chi connectivity index (χ3n) is 1.17. The summed E-state index contributed by atoms with van der Waals surface area (Å²) in [4.78, 5) is 8.17. The molecule has 0 aromatic carbocycles. The number of aliphatic hydroxyl groups excluding tert-OH is 1. The van der Waals surface area contributed by atoms with Crippen LogP contribution in [-0.2, 0) is 0 Å². The predicted octanol–water partition coefficient (Wildman–Crippen LogP) is 0.869. The number of aryl methyl sites for hydroxylation is 1. The Bertz CT molecular complexity index is 229. The van der Waals surface area contributed by atoms with Gasteiger partial charge in [-0.1, -0.05) is 0 Å². The van der Waals surface area contributed by atoms with Crippen molar-refractivity contribution in [3.05, 3.63) is 18.1 Å². The van der Waals surface area contributed by atoms with Crippen LogP contribution in [0.4, 0.5) is 0 Å². The molecule has 1 rings (SSSR count). The zero-order chi connectivity index (χ0) is 8.10. The minimum Gasteiger partial charge on any atom is -0.396 e. The summed E-state index contributed by atoms with van der Waals surface area (Å²) < 4.78 is 0. The SMILES string of the molecule is Cc1nccnc1SCCO. The monoisotopic (exact) mass is 170 g/mol. The van der Waals surface area contributed by atoms with Gasteiger partial charge in [0.15, 0.2) is 0 Å². The fourth-order valence-corrected chi connectivity index (χ4v) is 1.36. The maximum absolute atomic E-state index is 8.55. The van der Waals surface area contributed by atoms with Crippen LogP contribution in [0.1, 0.15) is 5.69 Å². The van der Waals surface area contributed by atoms with Crippen molar-refractivity contribution in [3.8, 4) is 0 Å². The number of rotatable bonds is 3. The normalized spacial score (nSPS) is 10.0. The highest BCUT2D eigenvalue weighted by Crippen LogP contribution is 2.15. The van der Waals surface area contributed by atoms with Gasteiger partial charge in [0, 0.05) is 18.1 Å². The highest BCUT2D eigenvalue weighted by molar-refractivity contribution is 7.99. The number of hydrogen-bond donors (Lipinski definition) is 1. The van der Waals surface area contributed by atoms with E-state index in [0.717, 1.165) is 10.7 Å². The van der Waals surface area contributed by atoms with Crippen molar-refractivity contribution in [2.24, 2.45) is 0 Å². The van der Waals surface area contributed by atoms with Gasteiger partial charge in [-0.2, -0.15) is 0 Å². The first-order chi connectivity index (χ1) is 5.34. The molecule has 0 atom stereocenters. The highest BCUT2D eigenvalue weighted by atomic mass is 32.2. The maximum atomic E-state index is 8.55. The molecule has 0 aliphatic rings. The van der Waals surface area contributed by atoms with Crippen molar-refractivity contribution in [1.82, 2.24) is 9.97 Å². The summed E-state index contributed by atoms with van der Waals surface area (Å²) in [6.45, 7) is 2.09. The van der Waals surface area contributed by atoms with Gasteiger partial charge in [0.1, 0.15) is 5.03 Å². The molecule has 60 valence electrons. The van der Waals surface area contributed by atoms with Gasteiger partial charge in [-0.05, 0) is 6.92 Å². The Balaban J connectivity index is 2.62. The average Bonchev–Trinajstić information content (AvgIpc) is 2.03. The van der Waals surface area contributed by atoms with Gasteiger partial charge in [-0.25, -0.2) is 4.98 Å². The van der Waals surface area contributed by atoms with Crippen molar-refractivity contribution in [3.63, 3.8) is 0 Å². The molecule has 0 aliphatic carbocycles. The van der Waals surface area contributed by atoms with E-state index in [2.05, 4.69) is 9.97 Å². The quantitative estimate of drug-likeness (QED) is 0.684. The minimum absolute atomic E-state index is 0.181. The van der Waals surface area contributed by atoms with E-state index in [1.54, 1.807) is 12.4 Å². The van der Waals surface area contributed by atoms with E-state index >= 15 is 0 Å². The molecular weight excluding hydrogens is 160 g/mol. The molecule has 1 aromatic rings. The molecular formula is C7H10N2OS.